The first kappa shape index (κ1) is 18.3. The van der Waals surface area contributed by atoms with E-state index >= 15 is 0 Å². The van der Waals surface area contributed by atoms with E-state index in [2.05, 4.69) is 10.1 Å². The van der Waals surface area contributed by atoms with Crippen molar-refractivity contribution in [3.8, 4) is 0 Å². The molecular formula is C21H19F2N3O2. The Labute approximate surface area is 161 Å². The Kier molecular flexibility index (Phi) is 5.14. The third-order valence-corrected chi connectivity index (χ3v) is 4.93. The van der Waals surface area contributed by atoms with Crippen molar-refractivity contribution in [1.29, 1.82) is 0 Å². The number of carbonyl (C=O) groups excluding carboxylic acids is 1. The van der Waals surface area contributed by atoms with Crippen LogP contribution < -0.4 is 4.90 Å². The van der Waals surface area contributed by atoms with Crippen LogP contribution in [-0.4, -0.2) is 22.6 Å². The van der Waals surface area contributed by atoms with Crippen molar-refractivity contribution in [3.05, 3.63) is 77.4 Å². The second-order valence-corrected chi connectivity index (χ2v) is 6.88. The molecule has 4 rings (SSSR count). The van der Waals surface area contributed by atoms with Crippen LogP contribution in [0.5, 0.6) is 0 Å². The number of anilines is 1. The van der Waals surface area contributed by atoms with Crippen LogP contribution in [0.15, 0.2) is 53.1 Å². The zero-order valence-corrected chi connectivity index (χ0v) is 15.1. The van der Waals surface area contributed by atoms with E-state index < -0.39 is 0 Å². The van der Waals surface area contributed by atoms with Crippen LogP contribution in [0.2, 0.25) is 0 Å². The van der Waals surface area contributed by atoms with Crippen LogP contribution in [0, 0.1) is 11.6 Å². The second-order valence-electron chi connectivity index (χ2n) is 6.88. The fourth-order valence-electron chi connectivity index (χ4n) is 3.47. The van der Waals surface area contributed by atoms with E-state index in [9.17, 15) is 13.6 Å². The molecule has 1 aliphatic rings. The number of aromatic nitrogens is 2. The highest BCUT2D eigenvalue weighted by molar-refractivity contribution is 5.94. The Morgan fingerprint density at radius 3 is 2.68 bits per heavy atom. The Hall–Kier alpha value is -3.09. The number of hydrogen-bond acceptors (Lipinski definition) is 4. The molecule has 0 spiro atoms. The molecule has 0 N–H and O–H groups in total. The fraction of sp³-hybridized carbons (Fsp3) is 0.286. The van der Waals surface area contributed by atoms with Gasteiger partial charge in [-0.15, -0.1) is 0 Å². The van der Waals surface area contributed by atoms with Gasteiger partial charge in [0.1, 0.15) is 11.6 Å². The maximum Gasteiger partial charge on any atom is 0.230 e. The summed E-state index contributed by atoms with van der Waals surface area (Å²) in [6.07, 6.45) is 1.96. The van der Waals surface area contributed by atoms with E-state index in [-0.39, 0.29) is 36.3 Å². The molecule has 28 heavy (non-hydrogen) atoms. The van der Waals surface area contributed by atoms with Crippen LogP contribution in [0.1, 0.15) is 42.5 Å². The quantitative estimate of drug-likeness (QED) is 0.676. The van der Waals surface area contributed by atoms with Crippen LogP contribution in [0.4, 0.5) is 14.5 Å². The first-order chi connectivity index (χ1) is 13.6. The Balaban J connectivity index is 1.47. The highest BCUT2D eigenvalue weighted by atomic mass is 19.1. The van der Waals surface area contributed by atoms with Crippen molar-refractivity contribution in [1.82, 2.24) is 10.1 Å². The van der Waals surface area contributed by atoms with Crippen molar-refractivity contribution in [3.63, 3.8) is 0 Å². The van der Waals surface area contributed by atoms with Crippen molar-refractivity contribution in [2.75, 3.05) is 11.4 Å². The summed E-state index contributed by atoms with van der Waals surface area (Å²) in [5.74, 6) is -0.0961. The Bertz CT molecular complexity index is 972. The number of rotatable bonds is 4. The monoisotopic (exact) mass is 383 g/mol. The fourth-order valence-corrected chi connectivity index (χ4v) is 3.47. The molecule has 2 aromatic carbocycles. The smallest absolute Gasteiger partial charge is 0.230 e. The molecule has 1 aromatic heterocycles. The molecule has 1 unspecified atom stereocenters. The summed E-state index contributed by atoms with van der Waals surface area (Å²) in [4.78, 5) is 18.8. The maximum absolute atomic E-state index is 13.8. The van der Waals surface area contributed by atoms with Gasteiger partial charge < -0.3 is 9.42 Å². The zero-order chi connectivity index (χ0) is 19.5. The number of hydrogen-bond donors (Lipinski definition) is 0. The summed E-state index contributed by atoms with van der Waals surface area (Å²) >= 11 is 0. The lowest BCUT2D eigenvalue weighted by atomic mass is 10.0. The van der Waals surface area contributed by atoms with Gasteiger partial charge in [0.15, 0.2) is 5.82 Å². The molecule has 0 bridgehead atoms. The molecule has 1 amide bonds. The van der Waals surface area contributed by atoms with E-state index in [0.717, 1.165) is 12.8 Å². The average molecular weight is 383 g/mol. The lowest BCUT2D eigenvalue weighted by molar-refractivity contribution is -0.118. The van der Waals surface area contributed by atoms with Crippen LogP contribution in [0.25, 0.3) is 0 Å². The van der Waals surface area contributed by atoms with E-state index in [4.69, 9.17) is 4.52 Å². The van der Waals surface area contributed by atoms with Gasteiger partial charge in [-0.2, -0.15) is 4.98 Å². The first-order valence-corrected chi connectivity index (χ1v) is 9.22. The van der Waals surface area contributed by atoms with Crippen molar-refractivity contribution in [2.24, 2.45) is 0 Å². The molecule has 0 radical (unpaired) electrons. The van der Waals surface area contributed by atoms with Gasteiger partial charge in [-0.05, 0) is 48.7 Å². The summed E-state index contributed by atoms with van der Waals surface area (Å²) in [5.41, 5.74) is 1.17. The van der Waals surface area contributed by atoms with Crippen molar-refractivity contribution in [2.45, 2.75) is 31.6 Å². The molecule has 1 aliphatic heterocycles. The van der Waals surface area contributed by atoms with Gasteiger partial charge in [0.05, 0.1) is 0 Å². The number of nitrogens with zero attached hydrogens (tertiary/aromatic N) is 3. The minimum absolute atomic E-state index is 0.0667. The van der Waals surface area contributed by atoms with Gasteiger partial charge in [0, 0.05) is 31.0 Å². The third-order valence-electron chi connectivity index (χ3n) is 4.93. The normalized spacial score (nSPS) is 17.6. The number of benzene rings is 2. The van der Waals surface area contributed by atoms with Gasteiger partial charge in [-0.25, -0.2) is 8.78 Å². The largest absolute Gasteiger partial charge is 0.339 e. The molecule has 1 atom stereocenters. The lowest BCUT2D eigenvalue weighted by Crippen LogP contribution is -2.30. The average Bonchev–Trinajstić information content (AvgIpc) is 3.06. The molecule has 0 aliphatic carbocycles. The minimum Gasteiger partial charge on any atom is -0.339 e. The lowest BCUT2D eigenvalue weighted by Gasteiger charge is -2.20. The van der Waals surface area contributed by atoms with Crippen molar-refractivity contribution < 1.29 is 18.1 Å². The summed E-state index contributed by atoms with van der Waals surface area (Å²) in [5, 5.41) is 3.95. The van der Waals surface area contributed by atoms with E-state index in [0.29, 0.717) is 29.5 Å². The molecule has 7 heteroatoms. The predicted molar refractivity (Wildman–Crippen MR) is 98.8 cm³/mol. The Morgan fingerprint density at radius 2 is 1.89 bits per heavy atom. The molecule has 1 fully saturated rings. The van der Waals surface area contributed by atoms with Crippen molar-refractivity contribution >= 4 is 11.6 Å². The molecule has 2 heterocycles. The topological polar surface area (TPSA) is 59.2 Å². The van der Waals surface area contributed by atoms with E-state index in [1.165, 1.54) is 18.2 Å². The standard InChI is InChI=1S/C21H19F2N3O2/c22-16-7-9-17(10-8-16)26-11-3-5-15(13-20(26)27)21-24-19(25-28-21)12-14-4-1-2-6-18(14)23/h1-2,4,6-10,15H,3,5,11-13H2. The van der Waals surface area contributed by atoms with E-state index in [1.54, 1.807) is 35.2 Å². The second kappa shape index (κ2) is 7.88. The number of amides is 1. The van der Waals surface area contributed by atoms with Crippen LogP contribution >= 0.6 is 0 Å². The molecule has 3 aromatic rings. The van der Waals surface area contributed by atoms with Gasteiger partial charge in [0.2, 0.25) is 11.8 Å². The van der Waals surface area contributed by atoms with E-state index in [1.807, 2.05) is 0 Å². The van der Waals surface area contributed by atoms with Crippen LogP contribution in [0.3, 0.4) is 0 Å². The van der Waals surface area contributed by atoms with Gasteiger partial charge in [0.25, 0.3) is 0 Å². The van der Waals surface area contributed by atoms with Gasteiger partial charge in [-0.1, -0.05) is 23.4 Å². The van der Waals surface area contributed by atoms with Gasteiger partial charge in [-0.3, -0.25) is 4.79 Å². The summed E-state index contributed by atoms with van der Waals surface area (Å²) in [6, 6.07) is 12.4. The Morgan fingerprint density at radius 1 is 1.11 bits per heavy atom. The summed E-state index contributed by atoms with van der Waals surface area (Å²) in [7, 11) is 0. The van der Waals surface area contributed by atoms with Gasteiger partial charge >= 0.3 is 0 Å². The van der Waals surface area contributed by atoms with Crippen LogP contribution in [-0.2, 0) is 11.2 Å². The highest BCUT2D eigenvalue weighted by Gasteiger charge is 2.29. The number of carbonyl (C=O) groups is 1. The molecule has 5 nitrogen and oxygen atoms in total. The number of halogens is 2. The zero-order valence-electron chi connectivity index (χ0n) is 15.1. The highest BCUT2D eigenvalue weighted by Crippen LogP contribution is 2.30. The minimum atomic E-state index is -0.336. The molecule has 144 valence electrons. The molecular weight excluding hydrogens is 364 g/mol. The summed E-state index contributed by atoms with van der Waals surface area (Å²) < 4.78 is 32.3. The maximum atomic E-state index is 13.8. The first-order valence-electron chi connectivity index (χ1n) is 9.22. The SMILES string of the molecule is O=C1CC(c2nc(Cc3ccccc3F)no2)CCCN1c1ccc(F)cc1. The molecule has 0 saturated carbocycles. The summed E-state index contributed by atoms with van der Waals surface area (Å²) in [6.45, 7) is 0.553. The third kappa shape index (κ3) is 3.93. The predicted octanol–water partition coefficient (Wildman–Crippen LogP) is 4.24. The molecule has 1 saturated heterocycles.